The normalized spacial score (nSPS) is 52.0. The van der Waals surface area contributed by atoms with Crippen molar-refractivity contribution in [2.45, 2.75) is 111 Å². The van der Waals surface area contributed by atoms with Gasteiger partial charge in [-0.15, -0.1) is 0 Å². The summed E-state index contributed by atoms with van der Waals surface area (Å²) in [6.07, 6.45) is -17.1. The van der Waals surface area contributed by atoms with Crippen molar-refractivity contribution < 1.29 is 71.0 Å². The van der Waals surface area contributed by atoms with Crippen LogP contribution in [0, 0.1) is 0 Å². The van der Waals surface area contributed by atoms with Gasteiger partial charge in [0.05, 0.1) is 33.3 Å². The summed E-state index contributed by atoms with van der Waals surface area (Å²) in [5.41, 5.74) is 15.4. The van der Waals surface area contributed by atoms with Gasteiger partial charge in [0.25, 0.3) is 0 Å². The van der Waals surface area contributed by atoms with Crippen molar-refractivity contribution in [3.63, 3.8) is 0 Å². The molecule has 38 heavy (non-hydrogen) atoms. The predicted molar refractivity (Wildman–Crippen MR) is 122 cm³/mol. The molecule has 3 saturated heterocycles. The van der Waals surface area contributed by atoms with E-state index in [2.05, 4.69) is 0 Å². The Morgan fingerprint density at radius 3 is 1.89 bits per heavy atom. The van der Waals surface area contributed by atoms with E-state index in [-0.39, 0.29) is 12.8 Å². The maximum Gasteiger partial charge on any atom is 0.213 e. The van der Waals surface area contributed by atoms with E-state index in [1.807, 2.05) is 0 Å². The molecule has 17 nitrogen and oxygen atoms in total. The quantitative estimate of drug-likeness (QED) is 0.116. The summed E-state index contributed by atoms with van der Waals surface area (Å²) in [4.78, 5) is 0. The van der Waals surface area contributed by atoms with Crippen LogP contribution in [0.25, 0.3) is 0 Å². The molecule has 0 aliphatic carbocycles. The summed E-state index contributed by atoms with van der Waals surface area (Å²) in [6.45, 7) is -0.916. The molecule has 0 amide bonds. The molecule has 3 heterocycles. The lowest BCUT2D eigenvalue weighted by molar-refractivity contribution is -0.402. The lowest BCUT2D eigenvalue weighted by Gasteiger charge is -2.53. The van der Waals surface area contributed by atoms with Gasteiger partial charge in [0.15, 0.2) is 18.9 Å². The molecule has 3 rings (SSSR count). The fourth-order valence-corrected chi connectivity index (χ4v) is 4.88. The minimum atomic E-state index is -3.36. The third-order valence-electron chi connectivity index (χ3n) is 7.19. The van der Waals surface area contributed by atoms with E-state index in [4.69, 9.17) is 42.3 Å². The minimum Gasteiger partial charge on any atom is -0.394 e. The maximum atomic E-state index is 11.0. The van der Waals surface area contributed by atoms with Crippen molar-refractivity contribution >= 4 is 0 Å². The zero-order chi connectivity index (χ0) is 29.5. The van der Waals surface area contributed by atoms with Gasteiger partial charge in [0, 0.05) is 0 Å². The first-order valence-electron chi connectivity index (χ1n) is 12.7. The summed E-state index contributed by atoms with van der Waals surface area (Å²) in [6, 6.07) is -4.78. The van der Waals surface area contributed by atoms with Crippen molar-refractivity contribution in [1.29, 1.82) is 0 Å². The highest BCUT2D eigenvalue weighted by Gasteiger charge is 2.62. The van der Waals surface area contributed by atoms with Gasteiger partial charge < -0.3 is 86.8 Å². The van der Waals surface area contributed by atoms with Crippen molar-refractivity contribution in [1.82, 2.24) is 0 Å². The van der Waals surface area contributed by atoms with E-state index >= 15 is 0 Å². The van der Waals surface area contributed by atoms with Gasteiger partial charge in [-0.25, -0.2) is 0 Å². The van der Waals surface area contributed by atoms with Gasteiger partial charge >= 0.3 is 0 Å². The third-order valence-corrected chi connectivity index (χ3v) is 7.19. The number of aliphatic hydroxyl groups excluding tert-OH is 6. The first-order valence-corrected chi connectivity index (χ1v) is 12.2. The second kappa shape index (κ2) is 12.5. The predicted octanol–water partition coefficient (Wildman–Crippen LogP) is -7.18. The Kier molecular flexibility index (Phi) is 9.92. The Morgan fingerprint density at radius 2 is 1.37 bits per heavy atom. The zero-order valence-electron chi connectivity index (χ0n) is 21.8. The lowest BCUT2D eigenvalue weighted by atomic mass is 9.81. The summed E-state index contributed by atoms with van der Waals surface area (Å²) in [5.74, 6) is -3.36. The minimum absolute atomic E-state index is 0.226. The molecule has 224 valence electrons. The van der Waals surface area contributed by atoms with Crippen LogP contribution in [0.3, 0.4) is 0 Å². The first-order chi connectivity index (χ1) is 18.1. The van der Waals surface area contributed by atoms with Gasteiger partial charge in [-0.05, 0) is 6.42 Å². The average Bonchev–Trinajstić information content (AvgIpc) is 2.90. The smallest absolute Gasteiger partial charge is 0.213 e. The number of ether oxygens (including phenoxy) is 5. The molecule has 3 fully saturated rings. The van der Waals surface area contributed by atoms with E-state index in [1.54, 1.807) is 6.92 Å². The molecule has 14 atom stereocenters. The highest BCUT2D eigenvalue weighted by atomic mass is 16.7. The SMILES string of the molecule is [2H][C@@]1(O)C(O)(O)[C@H](N)[C@@H](OC2[C@@H](CO)O[C@@H](OC3[C@@H](CO)O[C@@H](O)[C@H](N)[C@H]3O)[C@H](N)[C@H]2O)O[C@@]1(CO)CCC. The van der Waals surface area contributed by atoms with Gasteiger partial charge in [-0.1, -0.05) is 13.3 Å². The summed E-state index contributed by atoms with van der Waals surface area (Å²) < 4.78 is 35.9. The molecular weight excluding hydrogens is 518 g/mol. The molecule has 0 radical (unpaired) electrons. The number of aliphatic hydroxyl groups is 9. The van der Waals surface area contributed by atoms with E-state index < -0.39 is 111 Å². The number of hydrogen-bond donors (Lipinski definition) is 12. The second-order valence-electron chi connectivity index (χ2n) is 9.80. The summed E-state index contributed by atoms with van der Waals surface area (Å²) >= 11 is 0. The van der Waals surface area contributed by atoms with E-state index in [0.717, 1.165) is 0 Å². The number of nitrogens with two attached hydrogens (primary N) is 3. The van der Waals surface area contributed by atoms with Crippen LogP contribution in [-0.2, 0) is 23.7 Å². The molecule has 0 aromatic heterocycles. The molecule has 0 spiro atoms. The molecule has 0 aromatic carbocycles. The van der Waals surface area contributed by atoms with E-state index in [9.17, 15) is 46.0 Å². The van der Waals surface area contributed by atoms with Crippen LogP contribution >= 0.6 is 0 Å². The highest BCUT2D eigenvalue weighted by Crippen LogP contribution is 2.39. The molecule has 3 aliphatic rings. The first kappa shape index (κ1) is 30.3. The van der Waals surface area contributed by atoms with Gasteiger partial charge in [-0.2, -0.15) is 0 Å². The number of hydrogen-bond acceptors (Lipinski definition) is 17. The Bertz CT molecular complexity index is 812. The van der Waals surface area contributed by atoms with Crippen molar-refractivity contribution in [3.05, 3.63) is 0 Å². The number of rotatable bonds is 9. The monoisotopic (exact) mass is 560 g/mol. The maximum absolute atomic E-state index is 11.0. The topological polar surface area (TPSA) is 306 Å². The molecule has 0 aromatic rings. The fraction of sp³-hybridized carbons (Fsp3) is 1.00. The third kappa shape index (κ3) is 5.71. The largest absolute Gasteiger partial charge is 0.394 e. The fourth-order valence-electron chi connectivity index (χ4n) is 4.88. The molecule has 15 N–H and O–H groups in total. The highest BCUT2D eigenvalue weighted by molar-refractivity contribution is 5.06. The molecule has 2 unspecified atom stereocenters. The van der Waals surface area contributed by atoms with Crippen molar-refractivity contribution in [2.24, 2.45) is 17.2 Å². The summed E-state index contributed by atoms with van der Waals surface area (Å²) in [7, 11) is 0. The van der Waals surface area contributed by atoms with Crippen LogP contribution in [-0.4, -0.2) is 157 Å². The molecule has 0 bridgehead atoms. The van der Waals surface area contributed by atoms with E-state index in [1.165, 1.54) is 0 Å². The lowest BCUT2D eigenvalue weighted by Crippen LogP contribution is -2.76. The van der Waals surface area contributed by atoms with Crippen LogP contribution in [0.4, 0.5) is 0 Å². The van der Waals surface area contributed by atoms with Crippen LogP contribution in [0.2, 0.25) is 0 Å². The van der Waals surface area contributed by atoms with Gasteiger partial charge in [-0.3, -0.25) is 0 Å². The summed E-state index contributed by atoms with van der Waals surface area (Å²) in [5, 5.41) is 92.6. The van der Waals surface area contributed by atoms with Crippen LogP contribution in [0.5, 0.6) is 0 Å². The standard InChI is InChI=1S/C21H41N3O14/c1-2-3-20(6-27)19(31)21(32,33)15(24)18(38-20)37-14-8(5-26)35-17(10(23)12(14)29)36-13-7(4-25)34-16(30)9(22)11(13)28/h7-19,25-33H,2-6,22-24H2,1H3/t7-,8-,9-,10-,11-,12-,13?,14?,15-,16-,17+,18+,19+,20-/m1/s1/i19D. The zero-order valence-corrected chi connectivity index (χ0v) is 20.8. The van der Waals surface area contributed by atoms with Crippen molar-refractivity contribution in [3.8, 4) is 0 Å². The Balaban J connectivity index is 1.82. The molecule has 17 heteroatoms. The van der Waals surface area contributed by atoms with Crippen molar-refractivity contribution in [2.75, 3.05) is 19.8 Å². The molecular formula is C21H41N3O14. The van der Waals surface area contributed by atoms with Crippen LogP contribution < -0.4 is 17.2 Å². The Hall–Kier alpha value is -0.680. The Morgan fingerprint density at radius 1 is 0.842 bits per heavy atom. The molecule has 3 aliphatic heterocycles. The van der Waals surface area contributed by atoms with Gasteiger partial charge in [0.1, 0.15) is 54.3 Å². The van der Waals surface area contributed by atoms with E-state index in [0.29, 0.717) is 0 Å². The Labute approximate surface area is 219 Å². The van der Waals surface area contributed by atoms with Crippen LogP contribution in [0.15, 0.2) is 0 Å². The van der Waals surface area contributed by atoms with Crippen LogP contribution in [0.1, 0.15) is 21.1 Å². The van der Waals surface area contributed by atoms with Gasteiger partial charge in [0.2, 0.25) is 5.79 Å². The average molecular weight is 561 g/mol. The molecule has 0 saturated carbocycles. The second-order valence-corrected chi connectivity index (χ2v) is 9.80.